The van der Waals surface area contributed by atoms with E-state index < -0.39 is 4.65 Å². The second kappa shape index (κ2) is 5.64. The molecule has 2 heterocycles. The molecule has 0 N–H and O–H groups in total. The molecule has 28 heavy (non-hydrogen) atoms. The molecule has 140 valence electrons. The molecule has 0 amide bonds. The van der Waals surface area contributed by atoms with Gasteiger partial charge in [-0.2, -0.15) is 0 Å². The SMILES string of the molecule is C[N+](C)([O-])CCn1c(=O)c2ccc3oc4ccccc4c4ccc(c1=O)c2c34. The van der Waals surface area contributed by atoms with Gasteiger partial charge in [-0.1, -0.05) is 24.3 Å². The molecule has 0 bridgehead atoms. The van der Waals surface area contributed by atoms with Crippen LogP contribution in [0.2, 0.25) is 0 Å². The van der Waals surface area contributed by atoms with Crippen molar-refractivity contribution in [2.24, 2.45) is 0 Å². The summed E-state index contributed by atoms with van der Waals surface area (Å²) in [6.45, 7) is 0.223. The van der Waals surface area contributed by atoms with E-state index in [1.165, 1.54) is 18.7 Å². The van der Waals surface area contributed by atoms with Gasteiger partial charge in [0.25, 0.3) is 11.1 Å². The van der Waals surface area contributed by atoms with E-state index >= 15 is 0 Å². The minimum absolute atomic E-state index is 0.0813. The highest BCUT2D eigenvalue weighted by atomic mass is 16.5. The van der Waals surface area contributed by atoms with Crippen molar-refractivity contribution in [3.05, 3.63) is 74.4 Å². The molecule has 0 radical (unpaired) electrons. The van der Waals surface area contributed by atoms with Crippen molar-refractivity contribution in [1.29, 1.82) is 0 Å². The van der Waals surface area contributed by atoms with E-state index in [1.54, 1.807) is 18.2 Å². The van der Waals surface area contributed by atoms with Crippen LogP contribution in [0.5, 0.6) is 0 Å². The van der Waals surface area contributed by atoms with Crippen LogP contribution in [-0.4, -0.2) is 29.9 Å². The van der Waals surface area contributed by atoms with E-state index in [1.807, 2.05) is 30.3 Å². The fourth-order valence-electron chi connectivity index (χ4n) is 3.95. The minimum Gasteiger partial charge on any atom is -0.633 e. The van der Waals surface area contributed by atoms with Crippen molar-refractivity contribution in [3.8, 4) is 0 Å². The first kappa shape index (κ1) is 16.9. The number of hydroxylamine groups is 3. The van der Waals surface area contributed by atoms with Crippen molar-refractivity contribution >= 4 is 43.5 Å². The van der Waals surface area contributed by atoms with Gasteiger partial charge in [-0.3, -0.25) is 14.2 Å². The highest BCUT2D eigenvalue weighted by Gasteiger charge is 2.19. The Hall–Kier alpha value is -3.22. The molecule has 0 spiro atoms. The third-order valence-corrected chi connectivity index (χ3v) is 5.33. The lowest BCUT2D eigenvalue weighted by Crippen LogP contribution is -2.41. The number of pyridine rings is 1. The van der Waals surface area contributed by atoms with E-state index in [9.17, 15) is 14.8 Å². The molecule has 6 heteroatoms. The van der Waals surface area contributed by atoms with E-state index in [2.05, 4.69) is 0 Å². The van der Waals surface area contributed by atoms with Gasteiger partial charge in [0.15, 0.2) is 0 Å². The Labute approximate surface area is 159 Å². The maximum Gasteiger partial charge on any atom is 0.261 e. The van der Waals surface area contributed by atoms with Gasteiger partial charge in [0.2, 0.25) is 0 Å². The molecule has 6 nitrogen and oxygen atoms in total. The largest absolute Gasteiger partial charge is 0.633 e. The zero-order valence-electron chi connectivity index (χ0n) is 15.6. The van der Waals surface area contributed by atoms with Crippen molar-refractivity contribution < 1.29 is 9.06 Å². The molecule has 0 saturated heterocycles. The van der Waals surface area contributed by atoms with Crippen molar-refractivity contribution in [2.75, 3.05) is 20.6 Å². The molecular weight excluding hydrogens is 356 g/mol. The number of fused-ring (bicyclic) bond motifs is 2. The van der Waals surface area contributed by atoms with Gasteiger partial charge >= 0.3 is 0 Å². The predicted molar refractivity (Wildman–Crippen MR) is 111 cm³/mol. The maximum absolute atomic E-state index is 13.1. The molecule has 0 aliphatic carbocycles. The smallest absolute Gasteiger partial charge is 0.261 e. The Bertz CT molecular complexity index is 1460. The first-order valence-corrected chi connectivity index (χ1v) is 9.12. The number of benzene rings is 3. The Morgan fingerprint density at radius 3 is 2.18 bits per heavy atom. The molecule has 0 atom stereocenters. The first-order chi connectivity index (χ1) is 13.3. The van der Waals surface area contributed by atoms with Crippen molar-refractivity contribution in [2.45, 2.75) is 6.54 Å². The number of rotatable bonds is 3. The molecule has 0 saturated carbocycles. The Morgan fingerprint density at radius 1 is 0.821 bits per heavy atom. The van der Waals surface area contributed by atoms with Gasteiger partial charge in [0, 0.05) is 26.9 Å². The summed E-state index contributed by atoms with van der Waals surface area (Å²) in [4.78, 5) is 26.1. The lowest BCUT2D eigenvalue weighted by atomic mass is 9.96. The van der Waals surface area contributed by atoms with Gasteiger partial charge in [-0.15, -0.1) is 0 Å². The Kier molecular flexibility index (Phi) is 3.41. The fraction of sp³-hybridized carbons (Fsp3) is 0.182. The van der Waals surface area contributed by atoms with Gasteiger partial charge in [-0.25, -0.2) is 0 Å². The monoisotopic (exact) mass is 374 g/mol. The zero-order chi connectivity index (χ0) is 19.6. The molecule has 0 fully saturated rings. The summed E-state index contributed by atoms with van der Waals surface area (Å²) in [6.07, 6.45) is 0. The molecule has 0 unspecified atom stereocenters. The molecule has 3 aromatic carbocycles. The van der Waals surface area contributed by atoms with Crippen LogP contribution in [0.15, 0.2) is 62.5 Å². The van der Waals surface area contributed by atoms with E-state index in [4.69, 9.17) is 4.42 Å². The van der Waals surface area contributed by atoms with Crippen LogP contribution in [0, 0.1) is 5.21 Å². The maximum atomic E-state index is 13.1. The van der Waals surface area contributed by atoms with Crippen molar-refractivity contribution in [3.63, 3.8) is 0 Å². The van der Waals surface area contributed by atoms with Crippen LogP contribution in [0.4, 0.5) is 0 Å². The summed E-state index contributed by atoms with van der Waals surface area (Å²) in [5.74, 6) is 0. The molecule has 5 aromatic rings. The summed E-state index contributed by atoms with van der Waals surface area (Å²) in [6, 6.07) is 14.9. The average Bonchev–Trinajstić information content (AvgIpc) is 2.66. The van der Waals surface area contributed by atoms with Crippen molar-refractivity contribution in [1.82, 2.24) is 4.57 Å². The number of hydrogen-bond donors (Lipinski definition) is 0. The van der Waals surface area contributed by atoms with E-state index in [0.717, 1.165) is 21.7 Å². The van der Waals surface area contributed by atoms with E-state index in [0.29, 0.717) is 21.7 Å². The van der Waals surface area contributed by atoms with Crippen LogP contribution in [0.25, 0.3) is 43.5 Å². The van der Waals surface area contributed by atoms with Gasteiger partial charge in [0.1, 0.15) is 11.2 Å². The predicted octanol–water partition coefficient (Wildman–Crippen LogP) is 3.43. The number of likely N-dealkylation sites (N-methyl/N-ethyl adjacent to an activating group) is 1. The van der Waals surface area contributed by atoms with Gasteiger partial charge in [0.05, 0.1) is 27.2 Å². The van der Waals surface area contributed by atoms with Crippen LogP contribution in [-0.2, 0) is 6.54 Å². The number of para-hydroxylation sites is 1. The normalized spacial score (nSPS) is 12.7. The number of nitrogens with zero attached hydrogens (tertiary/aromatic N) is 2. The highest BCUT2D eigenvalue weighted by molar-refractivity contribution is 6.26. The van der Waals surface area contributed by atoms with Crippen LogP contribution >= 0.6 is 0 Å². The molecule has 2 aromatic heterocycles. The lowest BCUT2D eigenvalue weighted by Gasteiger charge is -2.33. The average molecular weight is 374 g/mol. The lowest BCUT2D eigenvalue weighted by molar-refractivity contribution is -0.840. The van der Waals surface area contributed by atoms with Gasteiger partial charge < -0.3 is 14.3 Å². The Morgan fingerprint density at radius 2 is 1.46 bits per heavy atom. The standard InChI is InChI=1S/C22H18N2O4/c1-24(2,27)12-11-23-21(25)15-8-7-14-13-5-3-4-6-17(13)28-18-10-9-16(22(23)26)19(15)20(14)18/h3-10H,11-12H2,1-2H3. The van der Waals surface area contributed by atoms with Crippen LogP contribution in [0.3, 0.4) is 0 Å². The topological polar surface area (TPSA) is 75.3 Å². The fourth-order valence-corrected chi connectivity index (χ4v) is 3.95. The highest BCUT2D eigenvalue weighted by Crippen LogP contribution is 2.36. The Balaban J connectivity index is 1.93. The summed E-state index contributed by atoms with van der Waals surface area (Å²) < 4.78 is 6.65. The minimum atomic E-state index is -0.568. The van der Waals surface area contributed by atoms with Crippen LogP contribution in [0.1, 0.15) is 0 Å². The molecule has 5 rings (SSSR count). The molecule has 0 aliphatic heterocycles. The summed E-state index contributed by atoms with van der Waals surface area (Å²) in [7, 11) is 2.99. The quantitative estimate of drug-likeness (QED) is 0.210. The summed E-state index contributed by atoms with van der Waals surface area (Å²) in [5.41, 5.74) is 0.659. The third kappa shape index (κ3) is 2.35. The zero-order valence-corrected chi connectivity index (χ0v) is 15.6. The first-order valence-electron chi connectivity index (χ1n) is 9.12. The third-order valence-electron chi connectivity index (χ3n) is 5.33. The summed E-state index contributed by atoms with van der Waals surface area (Å²) >= 11 is 0. The number of aromatic nitrogens is 1. The summed E-state index contributed by atoms with van der Waals surface area (Å²) in [5, 5.41) is 16.2. The molecule has 0 aliphatic rings. The number of quaternary nitrogens is 1. The van der Waals surface area contributed by atoms with E-state index in [-0.39, 0.29) is 24.2 Å². The van der Waals surface area contributed by atoms with Crippen LogP contribution < -0.4 is 11.1 Å². The number of hydrogen-bond acceptors (Lipinski definition) is 4. The molecular formula is C22H18N2O4. The van der Waals surface area contributed by atoms with Gasteiger partial charge in [-0.05, 0) is 29.7 Å². The second-order valence-electron chi connectivity index (χ2n) is 7.68. The second-order valence-corrected chi connectivity index (χ2v) is 7.68.